The van der Waals surface area contributed by atoms with E-state index >= 15 is 0 Å². The van der Waals surface area contributed by atoms with E-state index in [1.807, 2.05) is 6.92 Å². The van der Waals surface area contributed by atoms with Crippen LogP contribution in [-0.2, 0) is 14.3 Å². The summed E-state index contributed by atoms with van der Waals surface area (Å²) in [4.78, 5) is 23.3. The fraction of sp³-hybridized carbons (Fsp3) is 0.875. The highest BCUT2D eigenvalue weighted by Crippen LogP contribution is 2.30. The Morgan fingerprint density at radius 1 is 1.27 bits per heavy atom. The highest BCUT2D eigenvalue weighted by Gasteiger charge is 2.53. The van der Waals surface area contributed by atoms with Gasteiger partial charge in [0, 0.05) is 12.8 Å². The minimum atomic E-state index is -2.79. The van der Waals surface area contributed by atoms with Crippen molar-refractivity contribution < 1.29 is 45.0 Å². The normalized spacial score (nSPS) is 31.2. The van der Waals surface area contributed by atoms with Gasteiger partial charge in [-0.25, -0.2) is 4.79 Å². The molecule has 0 saturated carbocycles. The molecular weight excluding hydrogens is 350 g/mol. The van der Waals surface area contributed by atoms with Gasteiger partial charge in [0.15, 0.2) is 0 Å². The van der Waals surface area contributed by atoms with Gasteiger partial charge in [0.05, 0.1) is 18.8 Å². The summed E-state index contributed by atoms with van der Waals surface area (Å²) >= 11 is 0. The van der Waals surface area contributed by atoms with Crippen LogP contribution in [0.4, 0.5) is 0 Å². The first kappa shape index (κ1) is 22.7. The van der Waals surface area contributed by atoms with Gasteiger partial charge in [-0.05, 0) is 6.42 Å². The number of aliphatic hydroxyl groups excluding tert-OH is 4. The highest BCUT2D eigenvalue weighted by molar-refractivity contribution is 5.77. The van der Waals surface area contributed by atoms with E-state index in [2.05, 4.69) is 5.32 Å². The Labute approximate surface area is 151 Å². The monoisotopic (exact) mass is 379 g/mol. The molecule has 1 unspecified atom stereocenters. The number of carboxylic acid groups (broad SMARTS) is 1. The zero-order valence-corrected chi connectivity index (χ0v) is 14.7. The van der Waals surface area contributed by atoms with Gasteiger partial charge >= 0.3 is 5.97 Å². The Morgan fingerprint density at radius 2 is 1.92 bits per heavy atom. The van der Waals surface area contributed by atoms with Gasteiger partial charge in [-0.3, -0.25) is 4.79 Å². The van der Waals surface area contributed by atoms with Gasteiger partial charge in [0.2, 0.25) is 5.91 Å². The lowest BCUT2D eigenvalue weighted by Gasteiger charge is -2.44. The average molecular weight is 379 g/mol. The first-order valence-corrected chi connectivity index (χ1v) is 8.74. The minimum Gasteiger partial charge on any atom is -0.477 e. The zero-order chi connectivity index (χ0) is 19.9. The molecule has 0 spiro atoms. The van der Waals surface area contributed by atoms with Crippen molar-refractivity contribution in [2.24, 2.45) is 0 Å². The maximum atomic E-state index is 12.1. The van der Waals surface area contributed by atoms with Gasteiger partial charge in [-0.2, -0.15) is 0 Å². The van der Waals surface area contributed by atoms with E-state index in [1.54, 1.807) is 0 Å². The number of rotatable bonds is 10. The molecule has 152 valence electrons. The van der Waals surface area contributed by atoms with Crippen molar-refractivity contribution >= 4 is 11.9 Å². The number of amides is 1. The molecule has 10 heteroatoms. The number of carbonyl (C=O) groups is 2. The lowest BCUT2D eigenvalue weighted by atomic mass is 9.88. The molecule has 0 aromatic carbocycles. The quantitative estimate of drug-likeness (QED) is 0.213. The molecule has 1 heterocycles. The molecule has 7 N–H and O–H groups in total. The third-order valence-electron chi connectivity index (χ3n) is 4.42. The largest absolute Gasteiger partial charge is 0.477 e. The van der Waals surface area contributed by atoms with Crippen LogP contribution < -0.4 is 5.32 Å². The van der Waals surface area contributed by atoms with Crippen LogP contribution in [0.5, 0.6) is 0 Å². The smallest absolute Gasteiger partial charge is 0.364 e. The molecule has 1 rings (SSSR count). The molecule has 1 fully saturated rings. The molecule has 0 aromatic rings. The topological polar surface area (TPSA) is 177 Å². The molecule has 0 radical (unpaired) electrons. The number of aliphatic hydroxyl groups is 5. The van der Waals surface area contributed by atoms with Crippen molar-refractivity contribution in [1.29, 1.82) is 0 Å². The Balaban J connectivity index is 2.87. The number of nitrogens with one attached hydrogen (secondary N) is 1. The Kier molecular flexibility index (Phi) is 8.87. The zero-order valence-electron chi connectivity index (χ0n) is 14.7. The summed E-state index contributed by atoms with van der Waals surface area (Å²) < 4.78 is 5.01. The third kappa shape index (κ3) is 5.86. The number of hydrogen-bond donors (Lipinski definition) is 7. The maximum absolute atomic E-state index is 12.1. The van der Waals surface area contributed by atoms with Gasteiger partial charge in [0.1, 0.15) is 18.3 Å². The van der Waals surface area contributed by atoms with Gasteiger partial charge in [-0.15, -0.1) is 0 Å². The van der Waals surface area contributed by atoms with Crippen LogP contribution in [0.25, 0.3) is 0 Å². The van der Waals surface area contributed by atoms with E-state index in [0.29, 0.717) is 6.42 Å². The van der Waals surface area contributed by atoms with E-state index in [9.17, 15) is 30.0 Å². The number of aliphatic carboxylic acids is 1. The van der Waals surface area contributed by atoms with Crippen molar-refractivity contribution in [2.75, 3.05) is 6.61 Å². The van der Waals surface area contributed by atoms with Gasteiger partial charge < -0.3 is 40.7 Å². The second kappa shape index (κ2) is 10.1. The van der Waals surface area contributed by atoms with Crippen molar-refractivity contribution in [3.63, 3.8) is 0 Å². The molecule has 6 atom stereocenters. The van der Waals surface area contributed by atoms with E-state index in [-0.39, 0.29) is 6.42 Å². The fourth-order valence-corrected chi connectivity index (χ4v) is 2.87. The fourth-order valence-electron chi connectivity index (χ4n) is 2.87. The van der Waals surface area contributed by atoms with E-state index in [4.69, 9.17) is 14.9 Å². The first-order valence-electron chi connectivity index (χ1n) is 8.74. The molecule has 1 saturated heterocycles. The number of unbranched alkanes of at least 4 members (excludes halogenated alkanes) is 3. The van der Waals surface area contributed by atoms with Crippen LogP contribution in [-0.4, -0.2) is 85.4 Å². The average Bonchev–Trinajstić information content (AvgIpc) is 2.59. The van der Waals surface area contributed by atoms with Crippen LogP contribution in [0.3, 0.4) is 0 Å². The summed E-state index contributed by atoms with van der Waals surface area (Å²) in [6.45, 7) is 1.16. The van der Waals surface area contributed by atoms with E-state index in [1.165, 1.54) is 0 Å². The molecular formula is C16H29NO9. The second-order valence-electron chi connectivity index (χ2n) is 6.59. The van der Waals surface area contributed by atoms with Crippen LogP contribution >= 0.6 is 0 Å². The Morgan fingerprint density at radius 3 is 2.46 bits per heavy atom. The van der Waals surface area contributed by atoms with Crippen LogP contribution in [0.15, 0.2) is 0 Å². The summed E-state index contributed by atoms with van der Waals surface area (Å²) in [7, 11) is 0. The Hall–Kier alpha value is -1.30. The molecule has 0 aliphatic carbocycles. The van der Waals surface area contributed by atoms with Crippen LogP contribution in [0, 0.1) is 0 Å². The molecule has 0 bridgehead atoms. The minimum absolute atomic E-state index is 0.164. The standard InChI is InChI=1S/C16H29NO9/c1-2-3-4-5-6-11(21)17-12-9(19)7-16(25,15(23)24)26-14(12)13(22)10(20)8-18/h9-10,12-14,18-20,22,25H,2-8H2,1H3,(H,17,21)(H,23,24)/t9-,10+,12+,13+,14+,16?/m0/s1. The highest BCUT2D eigenvalue weighted by atomic mass is 16.7. The number of ether oxygens (including phenoxy) is 1. The summed E-state index contributed by atoms with van der Waals surface area (Å²) in [5.74, 6) is -5.01. The summed E-state index contributed by atoms with van der Waals surface area (Å²) in [6.07, 6.45) is -3.87. The SMILES string of the molecule is CCCCCCC(=O)N[C@H]1[C@H]([C@H](O)[C@H](O)CO)OC(O)(C(=O)O)C[C@@H]1O. The number of carboxylic acids is 1. The van der Waals surface area contributed by atoms with Crippen molar-refractivity contribution in [2.45, 2.75) is 81.7 Å². The van der Waals surface area contributed by atoms with E-state index in [0.717, 1.165) is 19.3 Å². The second-order valence-corrected chi connectivity index (χ2v) is 6.59. The molecule has 1 aliphatic heterocycles. The van der Waals surface area contributed by atoms with Crippen molar-refractivity contribution in [3.05, 3.63) is 0 Å². The summed E-state index contributed by atoms with van der Waals surface area (Å²) in [5, 5.41) is 60.5. The number of hydrogen-bond acceptors (Lipinski definition) is 8. The van der Waals surface area contributed by atoms with Crippen molar-refractivity contribution in [1.82, 2.24) is 5.32 Å². The lowest BCUT2D eigenvalue weighted by molar-refractivity contribution is -0.295. The Bertz CT molecular complexity index is 475. The van der Waals surface area contributed by atoms with Gasteiger partial charge in [-0.1, -0.05) is 26.2 Å². The third-order valence-corrected chi connectivity index (χ3v) is 4.42. The van der Waals surface area contributed by atoms with Crippen LogP contribution in [0.1, 0.15) is 45.4 Å². The van der Waals surface area contributed by atoms with Gasteiger partial charge in [0.25, 0.3) is 5.79 Å². The lowest BCUT2D eigenvalue weighted by Crippen LogP contribution is -2.67. The molecule has 26 heavy (non-hydrogen) atoms. The van der Waals surface area contributed by atoms with E-state index < -0.39 is 61.1 Å². The molecule has 0 aromatic heterocycles. The summed E-state index contributed by atoms with van der Waals surface area (Å²) in [5.41, 5.74) is 0. The summed E-state index contributed by atoms with van der Waals surface area (Å²) in [6, 6.07) is -1.26. The first-order chi connectivity index (χ1) is 12.2. The van der Waals surface area contributed by atoms with Crippen LogP contribution in [0.2, 0.25) is 0 Å². The number of carbonyl (C=O) groups excluding carboxylic acids is 1. The molecule has 1 aliphatic rings. The predicted octanol–water partition coefficient (Wildman–Crippen LogP) is -1.92. The van der Waals surface area contributed by atoms with Crippen molar-refractivity contribution in [3.8, 4) is 0 Å². The maximum Gasteiger partial charge on any atom is 0.364 e. The predicted molar refractivity (Wildman–Crippen MR) is 87.9 cm³/mol. The molecule has 1 amide bonds. The molecule has 10 nitrogen and oxygen atoms in total.